The summed E-state index contributed by atoms with van der Waals surface area (Å²) in [4.78, 5) is 25.7. The van der Waals surface area contributed by atoms with Gasteiger partial charge in [-0.2, -0.15) is 0 Å². The number of carbonyl (C=O) groups is 1. The smallest absolute Gasteiger partial charge is 0.280 e. The number of amides is 1. The first-order chi connectivity index (χ1) is 14.0. The number of nitrogens with zero attached hydrogens (tertiary/aromatic N) is 2. The number of nitro benzene ring substituents is 1. The Labute approximate surface area is 168 Å². The molecule has 0 unspecified atom stereocenters. The predicted octanol–water partition coefficient (Wildman–Crippen LogP) is 5.40. The van der Waals surface area contributed by atoms with Crippen molar-refractivity contribution in [2.45, 2.75) is 13.8 Å². The van der Waals surface area contributed by atoms with Crippen molar-refractivity contribution in [3.05, 3.63) is 82.1 Å². The van der Waals surface area contributed by atoms with Crippen LogP contribution in [0.2, 0.25) is 0 Å². The van der Waals surface area contributed by atoms with Crippen molar-refractivity contribution in [1.29, 1.82) is 0 Å². The van der Waals surface area contributed by atoms with E-state index in [9.17, 15) is 14.9 Å². The Kier molecular flexibility index (Phi) is 4.76. The Morgan fingerprint density at radius 2 is 1.72 bits per heavy atom. The second-order valence-corrected chi connectivity index (χ2v) is 7.36. The van der Waals surface area contributed by atoms with Gasteiger partial charge in [0.1, 0.15) is 11.5 Å². The van der Waals surface area contributed by atoms with Gasteiger partial charge in [0.25, 0.3) is 11.6 Å². The molecule has 4 rings (SSSR count). The van der Waals surface area contributed by atoms with Gasteiger partial charge in [0.15, 0.2) is 0 Å². The summed E-state index contributed by atoms with van der Waals surface area (Å²) in [7, 11) is 0. The van der Waals surface area contributed by atoms with E-state index in [1.807, 2.05) is 24.3 Å². The summed E-state index contributed by atoms with van der Waals surface area (Å²) in [6, 6.07) is 17.5. The standard InChI is InChI=1S/C23H20N2O4/c1-15(2)14-24-20-9-5-3-7-17(20)19(23(24)26)13-16-11-12-22(29-16)18-8-4-6-10-21(18)25(27)28/h3-13,15H,14H2,1-2H3/b19-13-. The van der Waals surface area contributed by atoms with Crippen molar-refractivity contribution in [3.63, 3.8) is 0 Å². The Balaban J connectivity index is 1.73. The van der Waals surface area contributed by atoms with Gasteiger partial charge in [-0.3, -0.25) is 14.9 Å². The molecule has 29 heavy (non-hydrogen) atoms. The van der Waals surface area contributed by atoms with Crippen LogP contribution in [0.5, 0.6) is 0 Å². The molecule has 0 atom stereocenters. The molecule has 1 aliphatic heterocycles. The van der Waals surface area contributed by atoms with Crippen molar-refractivity contribution in [3.8, 4) is 11.3 Å². The van der Waals surface area contributed by atoms with Crippen LogP contribution in [0.25, 0.3) is 23.0 Å². The Morgan fingerprint density at radius 3 is 2.45 bits per heavy atom. The minimum Gasteiger partial charge on any atom is -0.456 e. The van der Waals surface area contributed by atoms with Crippen LogP contribution in [-0.2, 0) is 4.79 Å². The summed E-state index contributed by atoms with van der Waals surface area (Å²) in [5, 5.41) is 11.3. The molecule has 6 nitrogen and oxygen atoms in total. The fourth-order valence-electron chi connectivity index (χ4n) is 3.55. The predicted molar refractivity (Wildman–Crippen MR) is 112 cm³/mol. The zero-order valence-electron chi connectivity index (χ0n) is 16.2. The molecule has 3 aromatic rings. The maximum Gasteiger partial charge on any atom is 0.280 e. The van der Waals surface area contributed by atoms with Crippen LogP contribution in [-0.4, -0.2) is 17.4 Å². The highest BCUT2D eigenvalue weighted by atomic mass is 16.6. The highest BCUT2D eigenvalue weighted by molar-refractivity contribution is 6.35. The van der Waals surface area contributed by atoms with Crippen LogP contribution in [0.1, 0.15) is 25.2 Å². The minimum atomic E-state index is -0.434. The first kappa shape index (κ1) is 18.7. The molecule has 0 N–H and O–H groups in total. The second kappa shape index (κ2) is 7.39. The van der Waals surface area contributed by atoms with Gasteiger partial charge in [0.2, 0.25) is 0 Å². The Morgan fingerprint density at radius 1 is 1.03 bits per heavy atom. The summed E-state index contributed by atoms with van der Waals surface area (Å²) in [5.41, 5.74) is 2.70. The molecule has 1 amide bonds. The summed E-state index contributed by atoms with van der Waals surface area (Å²) in [6.45, 7) is 4.78. The van der Waals surface area contributed by atoms with Gasteiger partial charge in [0.05, 0.1) is 21.7 Å². The van der Waals surface area contributed by atoms with E-state index in [2.05, 4.69) is 13.8 Å². The minimum absolute atomic E-state index is 0.0218. The Hall–Kier alpha value is -3.67. The lowest BCUT2D eigenvalue weighted by Gasteiger charge is -2.19. The monoisotopic (exact) mass is 388 g/mol. The van der Waals surface area contributed by atoms with Crippen LogP contribution in [0.4, 0.5) is 11.4 Å². The second-order valence-electron chi connectivity index (χ2n) is 7.36. The molecular weight excluding hydrogens is 368 g/mol. The lowest BCUT2D eigenvalue weighted by Crippen LogP contribution is -2.30. The van der Waals surface area contributed by atoms with E-state index < -0.39 is 4.92 Å². The Bertz CT molecular complexity index is 1130. The molecule has 1 aromatic heterocycles. The lowest BCUT2D eigenvalue weighted by atomic mass is 10.1. The van der Waals surface area contributed by atoms with E-state index in [4.69, 9.17) is 4.42 Å². The molecular formula is C23H20N2O4. The zero-order valence-corrected chi connectivity index (χ0v) is 16.2. The third kappa shape index (κ3) is 3.45. The fourth-order valence-corrected chi connectivity index (χ4v) is 3.55. The van der Waals surface area contributed by atoms with Gasteiger partial charge < -0.3 is 9.32 Å². The quantitative estimate of drug-likeness (QED) is 0.333. The molecule has 0 aliphatic carbocycles. The van der Waals surface area contributed by atoms with Crippen molar-refractivity contribution < 1.29 is 14.1 Å². The summed E-state index contributed by atoms with van der Waals surface area (Å²) < 4.78 is 5.85. The average Bonchev–Trinajstić information content (AvgIpc) is 3.27. The number of furan rings is 1. The van der Waals surface area contributed by atoms with Gasteiger partial charge in [0, 0.05) is 18.2 Å². The van der Waals surface area contributed by atoms with E-state index in [0.29, 0.717) is 35.1 Å². The molecule has 0 bridgehead atoms. The molecule has 0 spiro atoms. The molecule has 0 saturated carbocycles. The van der Waals surface area contributed by atoms with Gasteiger partial charge in [-0.25, -0.2) is 0 Å². The van der Waals surface area contributed by atoms with Crippen molar-refractivity contribution in [2.24, 2.45) is 5.92 Å². The number of anilines is 1. The molecule has 0 fully saturated rings. The van der Waals surface area contributed by atoms with Crippen molar-refractivity contribution in [2.75, 3.05) is 11.4 Å². The zero-order chi connectivity index (χ0) is 20.5. The molecule has 6 heteroatoms. The van der Waals surface area contributed by atoms with Gasteiger partial charge in [-0.1, -0.05) is 44.2 Å². The van der Waals surface area contributed by atoms with Crippen molar-refractivity contribution in [1.82, 2.24) is 0 Å². The van der Waals surface area contributed by atoms with Crippen molar-refractivity contribution >= 4 is 28.9 Å². The maximum absolute atomic E-state index is 13.0. The first-order valence-corrected chi connectivity index (χ1v) is 9.42. The number of para-hydroxylation sites is 2. The molecule has 2 heterocycles. The highest BCUT2D eigenvalue weighted by Gasteiger charge is 2.32. The number of fused-ring (bicyclic) bond motifs is 1. The maximum atomic E-state index is 13.0. The highest BCUT2D eigenvalue weighted by Crippen LogP contribution is 2.39. The van der Waals surface area contributed by atoms with E-state index >= 15 is 0 Å². The van der Waals surface area contributed by atoms with Gasteiger partial charge >= 0.3 is 0 Å². The van der Waals surface area contributed by atoms with Crippen LogP contribution < -0.4 is 4.90 Å². The van der Waals surface area contributed by atoms with E-state index in [1.165, 1.54) is 6.07 Å². The number of rotatable bonds is 5. The van der Waals surface area contributed by atoms with Gasteiger partial charge in [-0.05, 0) is 36.3 Å². The summed E-state index contributed by atoms with van der Waals surface area (Å²) in [6.07, 6.45) is 1.71. The molecule has 0 radical (unpaired) electrons. The lowest BCUT2D eigenvalue weighted by molar-refractivity contribution is -0.384. The fraction of sp³-hybridized carbons (Fsp3) is 0.174. The first-order valence-electron chi connectivity index (χ1n) is 9.42. The van der Waals surface area contributed by atoms with Crippen LogP contribution in [0.15, 0.2) is 65.1 Å². The van der Waals surface area contributed by atoms with Gasteiger partial charge in [-0.15, -0.1) is 0 Å². The molecule has 2 aromatic carbocycles. The van der Waals surface area contributed by atoms with E-state index in [-0.39, 0.29) is 11.6 Å². The van der Waals surface area contributed by atoms with Crippen LogP contribution in [0.3, 0.4) is 0 Å². The van der Waals surface area contributed by atoms with E-state index in [1.54, 1.807) is 41.3 Å². The number of benzene rings is 2. The SMILES string of the molecule is CC(C)CN1C(=O)/C(=C\c2ccc(-c3ccccc3[N+](=O)[O-])o2)c2ccccc21. The number of hydrogen-bond donors (Lipinski definition) is 0. The molecule has 1 aliphatic rings. The summed E-state index contributed by atoms with van der Waals surface area (Å²) in [5.74, 6) is 1.13. The molecule has 146 valence electrons. The van der Waals surface area contributed by atoms with Crippen LogP contribution in [0, 0.1) is 16.0 Å². The third-order valence-corrected chi connectivity index (χ3v) is 4.79. The third-order valence-electron chi connectivity index (χ3n) is 4.79. The number of nitro groups is 1. The summed E-state index contributed by atoms with van der Waals surface area (Å²) >= 11 is 0. The topological polar surface area (TPSA) is 76.6 Å². The van der Waals surface area contributed by atoms with E-state index in [0.717, 1.165) is 11.3 Å². The molecule has 0 saturated heterocycles. The normalized spacial score (nSPS) is 14.7. The number of carbonyl (C=O) groups excluding carboxylic acids is 1. The number of hydrogen-bond acceptors (Lipinski definition) is 4. The largest absolute Gasteiger partial charge is 0.456 e. The average molecular weight is 388 g/mol. The van der Waals surface area contributed by atoms with Crippen LogP contribution >= 0.6 is 0 Å².